The highest BCUT2D eigenvalue weighted by Gasteiger charge is 2.48. The summed E-state index contributed by atoms with van der Waals surface area (Å²) in [5.41, 5.74) is -0.896. The van der Waals surface area contributed by atoms with Crippen molar-refractivity contribution >= 4 is 29.1 Å². The molecule has 0 aromatic carbocycles. The lowest BCUT2D eigenvalue weighted by Gasteiger charge is -2.29. The number of rotatable bonds is 5. The number of likely N-dealkylation sites (tertiary alicyclic amines) is 1. The molecule has 1 aromatic heterocycles. The lowest BCUT2D eigenvalue weighted by Crippen LogP contribution is -2.48. The number of hydrogen-bond acceptors (Lipinski definition) is 4. The fraction of sp³-hybridized carbons (Fsp3) is 0.562. The molecule has 6 nitrogen and oxygen atoms in total. The van der Waals surface area contributed by atoms with Gasteiger partial charge in [-0.15, -0.1) is 11.3 Å². The lowest BCUT2D eigenvalue weighted by molar-refractivity contribution is -0.151. The molecule has 1 aliphatic heterocycles. The molecule has 2 rings (SSSR count). The Kier molecular flexibility index (Phi) is 5.09. The van der Waals surface area contributed by atoms with Crippen molar-refractivity contribution in [2.45, 2.75) is 33.2 Å². The second-order valence-corrected chi connectivity index (χ2v) is 7.25. The minimum Gasteiger partial charge on any atom is -0.481 e. The van der Waals surface area contributed by atoms with Gasteiger partial charge in [0.25, 0.3) is 5.91 Å². The summed E-state index contributed by atoms with van der Waals surface area (Å²) in [6, 6.07) is 2.79. The van der Waals surface area contributed by atoms with Crippen molar-refractivity contribution in [1.82, 2.24) is 10.2 Å². The van der Waals surface area contributed by atoms with Crippen LogP contribution in [0.25, 0.3) is 0 Å². The van der Waals surface area contributed by atoms with Gasteiger partial charge in [0.1, 0.15) is 6.04 Å². The number of nitrogens with zero attached hydrogens (tertiary/aromatic N) is 1. The zero-order valence-electron chi connectivity index (χ0n) is 13.5. The van der Waals surface area contributed by atoms with Gasteiger partial charge in [0, 0.05) is 13.1 Å². The number of hydrogen-bond donors (Lipinski definition) is 2. The van der Waals surface area contributed by atoms with E-state index >= 15 is 0 Å². The van der Waals surface area contributed by atoms with Crippen molar-refractivity contribution in [3.8, 4) is 0 Å². The summed E-state index contributed by atoms with van der Waals surface area (Å²) in [6.45, 7) is 5.96. The van der Waals surface area contributed by atoms with Gasteiger partial charge in [0.15, 0.2) is 0 Å². The van der Waals surface area contributed by atoms with Crippen LogP contribution < -0.4 is 5.32 Å². The fourth-order valence-electron chi connectivity index (χ4n) is 2.93. The van der Waals surface area contributed by atoms with Crippen LogP contribution in [-0.4, -0.2) is 46.9 Å². The maximum absolute atomic E-state index is 12.5. The number of carbonyl (C=O) groups is 3. The maximum Gasteiger partial charge on any atom is 0.311 e. The topological polar surface area (TPSA) is 86.7 Å². The predicted octanol–water partition coefficient (Wildman–Crippen LogP) is 1.83. The Hall–Kier alpha value is -1.89. The number of carbonyl (C=O) groups excluding carboxylic acids is 2. The molecule has 1 aliphatic rings. The first-order chi connectivity index (χ1) is 10.8. The minimum absolute atomic E-state index is 0.0613. The van der Waals surface area contributed by atoms with E-state index in [4.69, 9.17) is 0 Å². The first-order valence-electron chi connectivity index (χ1n) is 7.64. The highest BCUT2D eigenvalue weighted by Crippen LogP contribution is 2.38. The van der Waals surface area contributed by atoms with Crippen LogP contribution in [0.4, 0.5) is 0 Å². The normalized spacial score (nSPS) is 22.2. The van der Waals surface area contributed by atoms with Crippen LogP contribution in [0.3, 0.4) is 0 Å². The Morgan fingerprint density at radius 2 is 2.04 bits per heavy atom. The molecular formula is C16H22N2O4S. The molecule has 2 atom stereocenters. The van der Waals surface area contributed by atoms with Gasteiger partial charge < -0.3 is 15.3 Å². The van der Waals surface area contributed by atoms with Crippen LogP contribution in [-0.2, 0) is 9.59 Å². The number of amides is 2. The Morgan fingerprint density at radius 1 is 1.35 bits per heavy atom. The summed E-state index contributed by atoms with van der Waals surface area (Å²) in [5, 5.41) is 14.0. The van der Waals surface area contributed by atoms with Gasteiger partial charge in [-0.2, -0.15) is 0 Å². The summed E-state index contributed by atoms with van der Waals surface area (Å²) >= 11 is 1.31. The average Bonchev–Trinajstić information content (AvgIpc) is 3.16. The van der Waals surface area contributed by atoms with Crippen LogP contribution in [0.5, 0.6) is 0 Å². The summed E-state index contributed by atoms with van der Waals surface area (Å²) in [6.07, 6.45) is 0.442. The molecule has 0 radical (unpaired) electrons. The average molecular weight is 338 g/mol. The zero-order valence-corrected chi connectivity index (χ0v) is 14.4. The van der Waals surface area contributed by atoms with E-state index in [9.17, 15) is 19.5 Å². The molecule has 1 fully saturated rings. The molecule has 23 heavy (non-hydrogen) atoms. The van der Waals surface area contributed by atoms with E-state index in [1.807, 2.05) is 13.8 Å². The Bertz CT molecular complexity index is 599. The van der Waals surface area contributed by atoms with E-state index in [2.05, 4.69) is 5.32 Å². The second kappa shape index (κ2) is 6.70. The molecule has 1 saturated heterocycles. The maximum atomic E-state index is 12.5. The Morgan fingerprint density at radius 3 is 2.52 bits per heavy atom. The third-order valence-electron chi connectivity index (χ3n) is 4.61. The number of carboxylic acid groups (broad SMARTS) is 1. The third kappa shape index (κ3) is 3.39. The van der Waals surface area contributed by atoms with Gasteiger partial charge in [-0.05, 0) is 30.7 Å². The first-order valence-corrected chi connectivity index (χ1v) is 8.52. The Balaban J connectivity index is 2.01. The van der Waals surface area contributed by atoms with E-state index in [1.165, 1.54) is 11.3 Å². The zero-order chi connectivity index (χ0) is 17.2. The summed E-state index contributed by atoms with van der Waals surface area (Å²) < 4.78 is 0. The highest BCUT2D eigenvalue weighted by molar-refractivity contribution is 7.12. The molecule has 0 aliphatic carbocycles. The van der Waals surface area contributed by atoms with Crippen LogP contribution in [0.2, 0.25) is 0 Å². The molecule has 0 bridgehead atoms. The predicted molar refractivity (Wildman–Crippen MR) is 87.4 cm³/mol. The SMILES string of the molecule is CC(NC(=O)c1cccs1)C(=O)N1CCC(C(=O)O)(C(C)C)C1. The van der Waals surface area contributed by atoms with E-state index < -0.39 is 17.4 Å². The largest absolute Gasteiger partial charge is 0.481 e. The highest BCUT2D eigenvalue weighted by atomic mass is 32.1. The van der Waals surface area contributed by atoms with Crippen molar-refractivity contribution in [2.75, 3.05) is 13.1 Å². The smallest absolute Gasteiger partial charge is 0.311 e. The molecule has 2 N–H and O–H groups in total. The van der Waals surface area contributed by atoms with Crippen molar-refractivity contribution in [1.29, 1.82) is 0 Å². The van der Waals surface area contributed by atoms with Crippen LogP contribution in [0.1, 0.15) is 36.9 Å². The number of nitrogens with one attached hydrogen (secondary N) is 1. The third-order valence-corrected chi connectivity index (χ3v) is 5.48. The van der Waals surface area contributed by atoms with E-state index in [1.54, 1.807) is 29.3 Å². The molecule has 7 heteroatoms. The van der Waals surface area contributed by atoms with Gasteiger partial charge in [-0.25, -0.2) is 0 Å². The number of aliphatic carboxylic acids is 1. The fourth-order valence-corrected chi connectivity index (χ4v) is 3.55. The summed E-state index contributed by atoms with van der Waals surface area (Å²) in [5.74, 6) is -1.45. The molecule has 0 spiro atoms. The first kappa shape index (κ1) is 17.5. The molecule has 2 amide bonds. The quantitative estimate of drug-likeness (QED) is 0.857. The molecule has 0 saturated carbocycles. The second-order valence-electron chi connectivity index (χ2n) is 6.30. The van der Waals surface area contributed by atoms with Gasteiger partial charge in [-0.3, -0.25) is 14.4 Å². The molecule has 2 unspecified atom stereocenters. The lowest BCUT2D eigenvalue weighted by atomic mass is 9.76. The molecular weight excluding hydrogens is 316 g/mol. The summed E-state index contributed by atoms with van der Waals surface area (Å²) in [7, 11) is 0. The van der Waals surface area contributed by atoms with E-state index in [-0.39, 0.29) is 24.3 Å². The van der Waals surface area contributed by atoms with E-state index in [0.717, 1.165) is 0 Å². The van der Waals surface area contributed by atoms with Gasteiger partial charge >= 0.3 is 5.97 Å². The van der Waals surface area contributed by atoms with Crippen molar-refractivity contribution in [3.63, 3.8) is 0 Å². The van der Waals surface area contributed by atoms with Crippen LogP contribution >= 0.6 is 11.3 Å². The van der Waals surface area contributed by atoms with E-state index in [0.29, 0.717) is 17.8 Å². The van der Waals surface area contributed by atoms with Crippen molar-refractivity contribution in [3.05, 3.63) is 22.4 Å². The minimum atomic E-state index is -0.896. The van der Waals surface area contributed by atoms with Gasteiger partial charge in [0.05, 0.1) is 10.3 Å². The van der Waals surface area contributed by atoms with Crippen LogP contribution in [0, 0.1) is 11.3 Å². The van der Waals surface area contributed by atoms with Crippen LogP contribution in [0.15, 0.2) is 17.5 Å². The van der Waals surface area contributed by atoms with Crippen molar-refractivity contribution < 1.29 is 19.5 Å². The monoisotopic (exact) mass is 338 g/mol. The number of thiophene rings is 1. The van der Waals surface area contributed by atoms with Gasteiger partial charge in [-0.1, -0.05) is 19.9 Å². The summed E-state index contributed by atoms with van der Waals surface area (Å²) in [4.78, 5) is 38.2. The van der Waals surface area contributed by atoms with Crippen molar-refractivity contribution in [2.24, 2.45) is 11.3 Å². The molecule has 1 aromatic rings. The number of carboxylic acids is 1. The standard InChI is InChI=1S/C16H22N2O4S/c1-10(2)16(15(21)22)6-7-18(9-16)14(20)11(3)17-13(19)12-5-4-8-23-12/h4-5,8,10-11H,6-7,9H2,1-3H3,(H,17,19)(H,21,22). The Labute approximate surface area is 139 Å². The van der Waals surface area contributed by atoms with Gasteiger partial charge in [0.2, 0.25) is 5.91 Å². The molecule has 126 valence electrons. The molecule has 2 heterocycles.